The first kappa shape index (κ1) is 14.4. The first-order valence-electron chi connectivity index (χ1n) is 5.94. The minimum absolute atomic E-state index is 0.251. The summed E-state index contributed by atoms with van der Waals surface area (Å²) >= 11 is 0. The summed E-state index contributed by atoms with van der Waals surface area (Å²) < 4.78 is 0. The molecular formula is C14H19NO3. The van der Waals surface area contributed by atoms with Crippen molar-refractivity contribution in [2.75, 3.05) is 7.05 Å². The van der Waals surface area contributed by atoms with Gasteiger partial charge in [0.15, 0.2) is 11.3 Å². The van der Waals surface area contributed by atoms with Gasteiger partial charge >= 0.3 is 5.97 Å². The Morgan fingerprint density at radius 2 is 1.83 bits per heavy atom. The molecule has 1 aromatic rings. The fraction of sp³-hybridized carbons (Fsp3) is 0.429. The Bertz CT molecular complexity index is 414. The van der Waals surface area contributed by atoms with E-state index in [4.69, 9.17) is 0 Å². The van der Waals surface area contributed by atoms with Gasteiger partial charge in [0.25, 0.3) is 0 Å². The van der Waals surface area contributed by atoms with E-state index in [2.05, 4.69) is 0 Å². The number of nitrogens with zero attached hydrogens (tertiary/aromatic N) is 1. The smallest absolute Gasteiger partial charge is 0.331 e. The summed E-state index contributed by atoms with van der Waals surface area (Å²) in [6.07, 6.45) is 0.251. The number of hydrogen-bond donors (Lipinski definition) is 1. The van der Waals surface area contributed by atoms with E-state index in [1.165, 1.54) is 6.92 Å². The van der Waals surface area contributed by atoms with Crippen LogP contribution >= 0.6 is 0 Å². The van der Waals surface area contributed by atoms with Gasteiger partial charge in [-0.3, -0.25) is 9.69 Å². The Labute approximate surface area is 107 Å². The molecule has 0 aliphatic carbocycles. The molecule has 1 unspecified atom stereocenters. The Kier molecular flexibility index (Phi) is 4.62. The Balaban J connectivity index is 3.01. The monoisotopic (exact) mass is 249 g/mol. The fourth-order valence-electron chi connectivity index (χ4n) is 2.24. The number of aliphatic carboxylic acids is 1. The van der Waals surface area contributed by atoms with Crippen molar-refractivity contribution in [2.45, 2.75) is 32.4 Å². The molecule has 0 fully saturated rings. The van der Waals surface area contributed by atoms with Gasteiger partial charge in [-0.25, -0.2) is 4.79 Å². The highest BCUT2D eigenvalue weighted by atomic mass is 16.4. The molecular weight excluding hydrogens is 230 g/mol. The molecule has 0 radical (unpaired) electrons. The zero-order valence-electron chi connectivity index (χ0n) is 11.0. The second kappa shape index (κ2) is 5.78. The summed E-state index contributed by atoms with van der Waals surface area (Å²) in [6.45, 7) is 3.48. The molecule has 18 heavy (non-hydrogen) atoms. The van der Waals surface area contributed by atoms with Crippen molar-refractivity contribution >= 4 is 11.8 Å². The van der Waals surface area contributed by atoms with Crippen LogP contribution in [0.3, 0.4) is 0 Å². The molecule has 0 saturated heterocycles. The largest absolute Gasteiger partial charge is 0.480 e. The number of Topliss-reactive ketones (excluding diaryl/α,β-unsaturated/α-hetero) is 1. The SMILES string of the molecule is CCC(C(C)=O)(C(=O)O)N(C)Cc1ccccc1. The Morgan fingerprint density at radius 1 is 1.28 bits per heavy atom. The summed E-state index contributed by atoms with van der Waals surface area (Å²) in [5.74, 6) is -1.42. The van der Waals surface area contributed by atoms with E-state index in [0.29, 0.717) is 6.54 Å². The van der Waals surface area contributed by atoms with E-state index in [-0.39, 0.29) is 12.2 Å². The van der Waals surface area contributed by atoms with E-state index < -0.39 is 11.5 Å². The van der Waals surface area contributed by atoms with Crippen LogP contribution in [0.4, 0.5) is 0 Å². The third kappa shape index (κ3) is 2.59. The lowest BCUT2D eigenvalue weighted by molar-refractivity contribution is -0.157. The maximum absolute atomic E-state index is 11.7. The van der Waals surface area contributed by atoms with Crippen molar-refractivity contribution in [1.29, 1.82) is 0 Å². The molecule has 1 aromatic carbocycles. The summed E-state index contributed by atoms with van der Waals surface area (Å²) in [7, 11) is 1.67. The zero-order chi connectivity index (χ0) is 13.8. The van der Waals surface area contributed by atoms with Gasteiger partial charge in [-0.05, 0) is 26.0 Å². The molecule has 0 aliphatic heterocycles. The van der Waals surface area contributed by atoms with Crippen molar-refractivity contribution in [3.8, 4) is 0 Å². The molecule has 1 N–H and O–H groups in total. The number of likely N-dealkylation sites (N-methyl/N-ethyl adjacent to an activating group) is 1. The topological polar surface area (TPSA) is 57.6 Å². The quantitative estimate of drug-likeness (QED) is 0.783. The second-order valence-corrected chi connectivity index (χ2v) is 4.42. The standard InChI is InChI=1S/C14H19NO3/c1-4-14(11(2)16,13(17)18)15(3)10-12-8-6-5-7-9-12/h5-9H,4,10H2,1-3H3,(H,17,18). The molecule has 0 bridgehead atoms. The molecule has 0 heterocycles. The van der Waals surface area contributed by atoms with Crippen molar-refractivity contribution in [3.05, 3.63) is 35.9 Å². The van der Waals surface area contributed by atoms with Gasteiger partial charge in [0, 0.05) is 6.54 Å². The molecule has 0 spiro atoms. The number of carboxylic acid groups (broad SMARTS) is 1. The number of benzene rings is 1. The number of rotatable bonds is 6. The van der Waals surface area contributed by atoms with Crippen LogP contribution in [-0.2, 0) is 16.1 Å². The lowest BCUT2D eigenvalue weighted by Gasteiger charge is -2.35. The summed E-state index contributed by atoms with van der Waals surface area (Å²) in [4.78, 5) is 24.8. The fourth-order valence-corrected chi connectivity index (χ4v) is 2.24. The van der Waals surface area contributed by atoms with E-state index in [0.717, 1.165) is 5.56 Å². The molecule has 0 amide bonds. The van der Waals surface area contributed by atoms with Gasteiger partial charge in [0.1, 0.15) is 0 Å². The van der Waals surface area contributed by atoms with E-state index >= 15 is 0 Å². The number of carbonyl (C=O) groups is 2. The molecule has 0 saturated carbocycles. The number of carbonyl (C=O) groups excluding carboxylic acids is 1. The Hall–Kier alpha value is -1.68. The van der Waals surface area contributed by atoms with Crippen molar-refractivity contribution in [3.63, 3.8) is 0 Å². The minimum Gasteiger partial charge on any atom is -0.480 e. The lowest BCUT2D eigenvalue weighted by atomic mass is 9.89. The lowest BCUT2D eigenvalue weighted by Crippen LogP contribution is -2.57. The zero-order valence-corrected chi connectivity index (χ0v) is 11.0. The third-order valence-corrected chi connectivity index (χ3v) is 3.36. The molecule has 0 aliphatic rings. The average Bonchev–Trinajstić information content (AvgIpc) is 2.30. The van der Waals surface area contributed by atoms with Crippen molar-refractivity contribution in [2.24, 2.45) is 0 Å². The van der Waals surface area contributed by atoms with Crippen LogP contribution in [0.5, 0.6) is 0 Å². The van der Waals surface area contributed by atoms with E-state index in [9.17, 15) is 14.7 Å². The maximum Gasteiger partial charge on any atom is 0.331 e. The number of ketones is 1. The summed E-state index contributed by atoms with van der Waals surface area (Å²) in [5, 5.41) is 9.38. The van der Waals surface area contributed by atoms with Crippen LogP contribution in [0.1, 0.15) is 25.8 Å². The molecule has 4 heteroatoms. The predicted molar refractivity (Wildman–Crippen MR) is 69.2 cm³/mol. The van der Waals surface area contributed by atoms with Crippen LogP contribution in [0.15, 0.2) is 30.3 Å². The molecule has 4 nitrogen and oxygen atoms in total. The van der Waals surface area contributed by atoms with Gasteiger partial charge in [0.05, 0.1) is 0 Å². The molecule has 98 valence electrons. The van der Waals surface area contributed by atoms with Crippen LogP contribution in [0, 0.1) is 0 Å². The van der Waals surface area contributed by atoms with E-state index in [1.807, 2.05) is 30.3 Å². The van der Waals surface area contributed by atoms with Crippen LogP contribution < -0.4 is 0 Å². The van der Waals surface area contributed by atoms with Gasteiger partial charge in [-0.2, -0.15) is 0 Å². The second-order valence-electron chi connectivity index (χ2n) is 4.42. The average molecular weight is 249 g/mol. The van der Waals surface area contributed by atoms with Gasteiger partial charge in [-0.1, -0.05) is 37.3 Å². The first-order valence-corrected chi connectivity index (χ1v) is 5.94. The molecule has 0 aromatic heterocycles. The number of hydrogen-bond acceptors (Lipinski definition) is 3. The molecule has 1 atom stereocenters. The minimum atomic E-state index is -1.43. The predicted octanol–water partition coefficient (Wildman–Crippen LogP) is 1.94. The third-order valence-electron chi connectivity index (χ3n) is 3.36. The highest BCUT2D eigenvalue weighted by Gasteiger charge is 2.45. The highest BCUT2D eigenvalue weighted by Crippen LogP contribution is 2.22. The normalized spacial score (nSPS) is 14.2. The van der Waals surface area contributed by atoms with Crippen LogP contribution in [-0.4, -0.2) is 34.3 Å². The Morgan fingerprint density at radius 3 is 2.22 bits per heavy atom. The summed E-state index contributed by atoms with van der Waals surface area (Å²) in [5.41, 5.74) is -0.448. The van der Waals surface area contributed by atoms with E-state index in [1.54, 1.807) is 18.9 Å². The van der Waals surface area contributed by atoms with Crippen LogP contribution in [0.2, 0.25) is 0 Å². The van der Waals surface area contributed by atoms with Gasteiger partial charge < -0.3 is 5.11 Å². The number of carboxylic acids is 1. The van der Waals surface area contributed by atoms with Crippen molar-refractivity contribution in [1.82, 2.24) is 4.90 Å². The van der Waals surface area contributed by atoms with Gasteiger partial charge in [0.2, 0.25) is 0 Å². The highest BCUT2D eigenvalue weighted by molar-refractivity contribution is 6.06. The van der Waals surface area contributed by atoms with Gasteiger partial charge in [-0.15, -0.1) is 0 Å². The maximum atomic E-state index is 11.7. The first-order chi connectivity index (χ1) is 8.45. The summed E-state index contributed by atoms with van der Waals surface area (Å²) in [6, 6.07) is 9.52. The molecule has 1 rings (SSSR count). The van der Waals surface area contributed by atoms with Crippen LogP contribution in [0.25, 0.3) is 0 Å². The van der Waals surface area contributed by atoms with Crippen molar-refractivity contribution < 1.29 is 14.7 Å².